The molecule has 2 atom stereocenters. The Morgan fingerprint density at radius 3 is 0.960 bits per heavy atom. The van der Waals surface area contributed by atoms with Crippen LogP contribution in [0.25, 0.3) is 0 Å². The van der Waals surface area contributed by atoms with Crippen LogP contribution in [0, 0.1) is 5.92 Å². The fraction of sp³-hybridized carbons (Fsp3) is 1.00. The topological polar surface area (TPSA) is 59.2 Å². The lowest BCUT2D eigenvalue weighted by atomic mass is 10.0. The van der Waals surface area contributed by atoms with Crippen LogP contribution in [0.2, 0.25) is 0 Å². The van der Waals surface area contributed by atoms with E-state index in [2.05, 4.69) is 34.6 Å². The molecule has 304 valence electrons. The third-order valence-electron chi connectivity index (χ3n) is 10.8. The lowest BCUT2D eigenvalue weighted by Gasteiger charge is -2.35. The van der Waals surface area contributed by atoms with Crippen LogP contribution in [0.4, 0.5) is 0 Å². The fourth-order valence-electron chi connectivity index (χ4n) is 7.12. The van der Waals surface area contributed by atoms with Crippen molar-refractivity contribution >= 4 is 0 Å². The number of hydrogen-bond donors (Lipinski definition) is 0. The molecule has 0 fully saturated rings. The van der Waals surface area contributed by atoms with Crippen molar-refractivity contribution in [2.45, 2.75) is 272 Å². The molecule has 0 spiro atoms. The van der Waals surface area contributed by atoms with Crippen molar-refractivity contribution < 1.29 is 19.7 Å². The molecule has 0 aromatic rings. The first-order valence-electron chi connectivity index (χ1n) is 23.1. The van der Waals surface area contributed by atoms with Crippen LogP contribution in [-0.2, 0) is 14.2 Å². The second-order valence-corrected chi connectivity index (χ2v) is 15.8. The first-order valence-corrected chi connectivity index (χ1v) is 23.1. The average Bonchev–Trinajstić information content (AvgIpc) is 3.11. The normalized spacial score (nSPS) is 13.4. The van der Waals surface area contributed by atoms with Gasteiger partial charge in [0.25, 0.3) is 5.97 Å². The van der Waals surface area contributed by atoms with Gasteiger partial charge in [-0.05, 0) is 31.6 Å². The highest BCUT2D eigenvalue weighted by molar-refractivity contribution is 4.65. The van der Waals surface area contributed by atoms with Crippen molar-refractivity contribution in [2.24, 2.45) is 5.92 Å². The predicted octanol–water partition coefficient (Wildman–Crippen LogP) is 15.6. The van der Waals surface area contributed by atoms with Gasteiger partial charge in [-0.25, -0.2) is 0 Å². The van der Waals surface area contributed by atoms with Crippen molar-refractivity contribution in [3.8, 4) is 0 Å². The van der Waals surface area contributed by atoms with Gasteiger partial charge in [-0.15, -0.1) is 0 Å². The summed E-state index contributed by atoms with van der Waals surface area (Å²) in [5.74, 6) is -0.252. The third kappa shape index (κ3) is 36.2. The van der Waals surface area contributed by atoms with Crippen molar-refractivity contribution in [1.82, 2.24) is 0 Å². The van der Waals surface area contributed by atoms with E-state index < -0.39 is 5.97 Å². The van der Waals surface area contributed by atoms with E-state index in [1.807, 2.05) is 0 Å². The summed E-state index contributed by atoms with van der Waals surface area (Å²) in [6, 6.07) is 0. The molecule has 0 saturated carbocycles. The van der Waals surface area contributed by atoms with Crippen molar-refractivity contribution in [1.29, 1.82) is 0 Å². The summed E-state index contributed by atoms with van der Waals surface area (Å²) in [4.78, 5) is 0. The Bertz CT molecular complexity index is 599. The summed E-state index contributed by atoms with van der Waals surface area (Å²) in [6.45, 7) is 13.8. The van der Waals surface area contributed by atoms with Crippen molar-refractivity contribution in [3.05, 3.63) is 0 Å². The minimum atomic E-state index is -0.848. The maximum Gasteiger partial charge on any atom is 0.282 e. The standard InChI is InChI=1S/C46H94O3.H2O/c1-6-11-15-18-21-23-25-26-27-28-29-30-32-34-37-41-46(47-42-38-35-20-17-13-8-3,49-44-45(10-5)40-14-9-4)48-43-39-36-33-31-24-22-19-16-12-7-2;/h45H,6-44H2,1-5H3;1H2. The van der Waals surface area contributed by atoms with Crippen LogP contribution in [0.3, 0.4) is 0 Å². The van der Waals surface area contributed by atoms with E-state index in [-0.39, 0.29) is 5.48 Å². The predicted molar refractivity (Wildman–Crippen MR) is 222 cm³/mol. The fourth-order valence-corrected chi connectivity index (χ4v) is 7.12. The first kappa shape index (κ1) is 51.9. The summed E-state index contributed by atoms with van der Waals surface area (Å²) in [7, 11) is 0. The molecule has 0 saturated heterocycles. The molecule has 0 radical (unpaired) electrons. The van der Waals surface area contributed by atoms with Crippen LogP contribution in [0.15, 0.2) is 0 Å². The average molecular weight is 713 g/mol. The van der Waals surface area contributed by atoms with Crippen molar-refractivity contribution in [3.63, 3.8) is 0 Å². The van der Waals surface area contributed by atoms with E-state index in [0.29, 0.717) is 5.92 Å². The van der Waals surface area contributed by atoms with E-state index in [1.54, 1.807) is 0 Å². The van der Waals surface area contributed by atoms with E-state index in [4.69, 9.17) is 14.2 Å². The quantitative estimate of drug-likeness (QED) is 0.0467. The van der Waals surface area contributed by atoms with Crippen LogP contribution in [0.5, 0.6) is 0 Å². The van der Waals surface area contributed by atoms with Gasteiger partial charge >= 0.3 is 0 Å². The van der Waals surface area contributed by atoms with Crippen LogP contribution in [-0.4, -0.2) is 31.3 Å². The summed E-state index contributed by atoms with van der Waals surface area (Å²) in [5.41, 5.74) is 0. The zero-order valence-corrected chi connectivity index (χ0v) is 35.4. The van der Waals surface area contributed by atoms with Gasteiger partial charge in [-0.3, -0.25) is 0 Å². The molecule has 0 amide bonds. The van der Waals surface area contributed by atoms with E-state index in [0.717, 1.165) is 45.5 Å². The molecule has 2 N–H and O–H groups in total. The summed E-state index contributed by atoms with van der Waals surface area (Å²) >= 11 is 0. The Kier molecular flexibility index (Phi) is 44.9. The van der Waals surface area contributed by atoms with Gasteiger partial charge in [-0.1, -0.05) is 234 Å². The zero-order valence-electron chi connectivity index (χ0n) is 35.4. The smallest absolute Gasteiger partial charge is 0.282 e. The van der Waals surface area contributed by atoms with E-state index in [9.17, 15) is 0 Å². The molecular formula is C46H96O4. The molecule has 2 unspecified atom stereocenters. The number of unbranched alkanes of at least 4 members (excludes halogenated alkanes) is 29. The van der Waals surface area contributed by atoms with Crippen LogP contribution >= 0.6 is 0 Å². The number of rotatable bonds is 43. The number of ether oxygens (including phenoxy) is 3. The Labute approximate surface area is 316 Å². The maximum absolute atomic E-state index is 6.79. The molecule has 4 nitrogen and oxygen atoms in total. The van der Waals surface area contributed by atoms with E-state index >= 15 is 0 Å². The van der Waals surface area contributed by atoms with Gasteiger partial charge in [0.1, 0.15) is 0 Å². The highest BCUT2D eigenvalue weighted by Crippen LogP contribution is 2.28. The second-order valence-electron chi connectivity index (χ2n) is 15.8. The Hall–Kier alpha value is -0.160. The molecule has 0 aliphatic heterocycles. The van der Waals surface area contributed by atoms with Crippen LogP contribution < -0.4 is 0 Å². The summed E-state index contributed by atoms with van der Waals surface area (Å²) < 4.78 is 20.2. The first-order chi connectivity index (χ1) is 24.2. The van der Waals surface area contributed by atoms with E-state index in [1.165, 1.54) is 205 Å². The molecule has 0 heterocycles. The molecule has 0 aliphatic rings. The summed E-state index contributed by atoms with van der Waals surface area (Å²) in [6.07, 6.45) is 47.8. The molecule has 0 aliphatic carbocycles. The Balaban J connectivity index is 0. The molecule has 0 rings (SSSR count). The largest absolute Gasteiger partial charge is 0.412 e. The highest BCUT2D eigenvalue weighted by atomic mass is 16.9. The zero-order chi connectivity index (χ0) is 35.8. The van der Waals surface area contributed by atoms with Gasteiger partial charge in [0, 0.05) is 6.42 Å². The lowest BCUT2D eigenvalue weighted by Crippen LogP contribution is -2.41. The number of hydrogen-bond acceptors (Lipinski definition) is 3. The minimum Gasteiger partial charge on any atom is -0.412 e. The van der Waals surface area contributed by atoms with Gasteiger partial charge in [0.05, 0.1) is 19.8 Å². The minimum absolute atomic E-state index is 0. The molecule has 0 bridgehead atoms. The monoisotopic (exact) mass is 713 g/mol. The van der Waals surface area contributed by atoms with Gasteiger partial charge in [0.2, 0.25) is 0 Å². The highest BCUT2D eigenvalue weighted by Gasteiger charge is 2.34. The van der Waals surface area contributed by atoms with Gasteiger partial charge in [0.15, 0.2) is 0 Å². The van der Waals surface area contributed by atoms with Crippen LogP contribution in [0.1, 0.15) is 266 Å². The molecule has 0 aromatic carbocycles. The second kappa shape index (κ2) is 43.2. The SMILES string of the molecule is CCCCCCCCCCCCCCCCCC(OCCCCCCCC)(OCCCCCCCCCCCC)OCC(CC)CCCC.O. The molecule has 4 heteroatoms. The van der Waals surface area contributed by atoms with Gasteiger partial charge < -0.3 is 19.7 Å². The maximum atomic E-state index is 6.79. The lowest BCUT2D eigenvalue weighted by molar-refractivity contribution is -0.387. The van der Waals surface area contributed by atoms with Crippen molar-refractivity contribution in [2.75, 3.05) is 19.8 Å². The van der Waals surface area contributed by atoms with Gasteiger partial charge in [-0.2, -0.15) is 0 Å². The Morgan fingerprint density at radius 2 is 0.640 bits per heavy atom. The molecule has 50 heavy (non-hydrogen) atoms. The molecular weight excluding hydrogens is 617 g/mol. The Morgan fingerprint density at radius 1 is 0.340 bits per heavy atom. The third-order valence-corrected chi connectivity index (χ3v) is 10.8. The summed E-state index contributed by atoms with van der Waals surface area (Å²) in [5, 5.41) is 0. The molecule has 0 aromatic heterocycles.